The highest BCUT2D eigenvalue weighted by atomic mass is 31.2. The van der Waals surface area contributed by atoms with Crippen molar-refractivity contribution in [1.82, 2.24) is 5.32 Å². The molecule has 88 valence electrons. The predicted molar refractivity (Wildman–Crippen MR) is 55.8 cm³/mol. The summed E-state index contributed by atoms with van der Waals surface area (Å²) in [5, 5.41) is 3.39. The van der Waals surface area contributed by atoms with Crippen molar-refractivity contribution in [3.05, 3.63) is 0 Å². The maximum absolute atomic E-state index is 10.4. The Kier molecular flexibility index (Phi) is 13.1. The molecule has 0 radical (unpaired) electrons. The Morgan fingerprint density at radius 1 is 1.14 bits per heavy atom. The maximum atomic E-state index is 10.4. The summed E-state index contributed by atoms with van der Waals surface area (Å²) >= 11 is 0. The standard InChI is InChI=1S/C8H19N.FH2O3P/c1-3-5-7-9-8-6-4-2;1-5(2,3)4/h9H,3-8H2,1-2H3;(H2,2,3,4). The van der Waals surface area contributed by atoms with Gasteiger partial charge in [-0.15, -0.1) is 4.20 Å². The van der Waals surface area contributed by atoms with Crippen LogP contribution in [-0.2, 0) is 4.57 Å². The second-order valence-corrected chi connectivity index (χ2v) is 3.88. The van der Waals surface area contributed by atoms with E-state index in [1.807, 2.05) is 0 Å². The third kappa shape index (κ3) is 40.2. The minimum Gasteiger partial charge on any atom is -0.317 e. The minimum atomic E-state index is -5.14. The fourth-order valence-electron chi connectivity index (χ4n) is 0.729. The van der Waals surface area contributed by atoms with E-state index < -0.39 is 7.91 Å². The second kappa shape index (κ2) is 11.1. The van der Waals surface area contributed by atoms with Crippen molar-refractivity contribution in [3.63, 3.8) is 0 Å². The molecule has 0 aliphatic carbocycles. The van der Waals surface area contributed by atoms with Crippen LogP contribution in [0.4, 0.5) is 4.20 Å². The minimum absolute atomic E-state index is 1.20. The molecule has 0 unspecified atom stereocenters. The Morgan fingerprint density at radius 2 is 1.43 bits per heavy atom. The molecule has 0 atom stereocenters. The summed E-state index contributed by atoms with van der Waals surface area (Å²) in [6.45, 7) is 6.86. The van der Waals surface area contributed by atoms with E-state index in [1.165, 1.54) is 38.8 Å². The zero-order valence-electron chi connectivity index (χ0n) is 8.87. The fourth-order valence-corrected chi connectivity index (χ4v) is 0.729. The summed E-state index contributed by atoms with van der Waals surface area (Å²) in [4.78, 5) is 13.9. The molecule has 6 heteroatoms. The largest absolute Gasteiger partial charge is 0.507 e. The molecule has 0 aromatic carbocycles. The summed E-state index contributed by atoms with van der Waals surface area (Å²) in [5.41, 5.74) is 0. The summed E-state index contributed by atoms with van der Waals surface area (Å²) in [7, 11) is -5.14. The zero-order chi connectivity index (χ0) is 11.4. The van der Waals surface area contributed by atoms with Crippen molar-refractivity contribution in [2.75, 3.05) is 13.1 Å². The quantitative estimate of drug-likeness (QED) is 0.482. The first-order chi connectivity index (χ1) is 6.41. The number of unbranched alkanes of at least 4 members (excludes halogenated alkanes) is 2. The van der Waals surface area contributed by atoms with E-state index in [0.717, 1.165) is 0 Å². The van der Waals surface area contributed by atoms with Crippen LogP contribution in [0.25, 0.3) is 0 Å². The van der Waals surface area contributed by atoms with Gasteiger partial charge in [0, 0.05) is 0 Å². The van der Waals surface area contributed by atoms with E-state index in [-0.39, 0.29) is 0 Å². The SMILES string of the molecule is CCCCNCCCC.O=P(O)(O)F. The van der Waals surface area contributed by atoms with Crippen molar-refractivity contribution in [1.29, 1.82) is 0 Å². The van der Waals surface area contributed by atoms with Crippen LogP contribution in [0.5, 0.6) is 0 Å². The average molecular weight is 229 g/mol. The van der Waals surface area contributed by atoms with Gasteiger partial charge in [0.2, 0.25) is 0 Å². The number of hydrogen-bond donors (Lipinski definition) is 3. The topological polar surface area (TPSA) is 69.6 Å². The summed E-state index contributed by atoms with van der Waals surface area (Å²) in [6.07, 6.45) is 5.26. The molecule has 0 bridgehead atoms. The lowest BCUT2D eigenvalue weighted by Gasteiger charge is -1.99. The average Bonchev–Trinajstić information content (AvgIpc) is 2.01. The molecule has 0 aliphatic rings. The molecule has 0 amide bonds. The normalized spacial score (nSPS) is 10.6. The molecule has 0 rings (SSSR count). The van der Waals surface area contributed by atoms with Crippen molar-refractivity contribution in [3.8, 4) is 0 Å². The Morgan fingerprint density at radius 3 is 1.64 bits per heavy atom. The van der Waals surface area contributed by atoms with Crippen molar-refractivity contribution < 1.29 is 18.5 Å². The van der Waals surface area contributed by atoms with E-state index >= 15 is 0 Å². The predicted octanol–water partition coefficient (Wildman–Crippen LogP) is 2.22. The van der Waals surface area contributed by atoms with E-state index in [2.05, 4.69) is 19.2 Å². The van der Waals surface area contributed by atoms with Gasteiger partial charge in [0.25, 0.3) is 0 Å². The molecule has 0 aliphatic heterocycles. The first kappa shape index (κ1) is 16.5. The molecule has 3 N–H and O–H groups in total. The van der Waals surface area contributed by atoms with Gasteiger partial charge in [0.15, 0.2) is 0 Å². The number of halogens is 1. The lowest BCUT2D eigenvalue weighted by molar-refractivity contribution is 0.322. The van der Waals surface area contributed by atoms with Gasteiger partial charge >= 0.3 is 7.91 Å². The van der Waals surface area contributed by atoms with Gasteiger partial charge in [-0.3, -0.25) is 9.79 Å². The lowest BCUT2D eigenvalue weighted by Crippen LogP contribution is -2.15. The van der Waals surface area contributed by atoms with Crippen molar-refractivity contribution in [2.24, 2.45) is 0 Å². The molecule has 0 aromatic rings. The van der Waals surface area contributed by atoms with Gasteiger partial charge < -0.3 is 5.32 Å². The van der Waals surface area contributed by atoms with Crippen LogP contribution in [0.3, 0.4) is 0 Å². The smallest absolute Gasteiger partial charge is 0.317 e. The monoisotopic (exact) mass is 229 g/mol. The molecule has 0 heterocycles. The molecular weight excluding hydrogens is 208 g/mol. The molecule has 0 fully saturated rings. The molecule has 0 aromatic heterocycles. The Hall–Kier alpha value is 0.0400. The summed E-state index contributed by atoms with van der Waals surface area (Å²) in [6, 6.07) is 0. The highest BCUT2D eigenvalue weighted by Crippen LogP contribution is 2.34. The van der Waals surface area contributed by atoms with Crippen molar-refractivity contribution >= 4 is 7.91 Å². The molecule has 14 heavy (non-hydrogen) atoms. The van der Waals surface area contributed by atoms with Gasteiger partial charge in [0.1, 0.15) is 0 Å². The van der Waals surface area contributed by atoms with Crippen LogP contribution < -0.4 is 5.32 Å². The molecule has 0 saturated carbocycles. The third-order valence-electron chi connectivity index (χ3n) is 1.41. The van der Waals surface area contributed by atoms with E-state index in [9.17, 15) is 4.20 Å². The maximum Gasteiger partial charge on any atom is 0.507 e. The first-order valence-corrected chi connectivity index (χ1v) is 6.38. The van der Waals surface area contributed by atoms with Crippen LogP contribution in [-0.4, -0.2) is 22.9 Å². The van der Waals surface area contributed by atoms with Gasteiger partial charge in [-0.05, 0) is 25.9 Å². The Bertz CT molecular complexity index is 137. The summed E-state index contributed by atoms with van der Waals surface area (Å²) in [5.74, 6) is 0. The van der Waals surface area contributed by atoms with E-state index in [0.29, 0.717) is 0 Å². The number of rotatable bonds is 6. The van der Waals surface area contributed by atoms with Gasteiger partial charge in [0.05, 0.1) is 0 Å². The summed E-state index contributed by atoms with van der Waals surface area (Å²) < 4.78 is 19.0. The first-order valence-electron chi connectivity index (χ1n) is 4.87. The molecule has 4 nitrogen and oxygen atoms in total. The van der Waals surface area contributed by atoms with Gasteiger partial charge in [-0.2, -0.15) is 0 Å². The van der Waals surface area contributed by atoms with Gasteiger partial charge in [-0.1, -0.05) is 26.7 Å². The molecular formula is C8H21FNO3P. The zero-order valence-corrected chi connectivity index (χ0v) is 9.76. The van der Waals surface area contributed by atoms with E-state index in [1.54, 1.807) is 0 Å². The lowest BCUT2D eigenvalue weighted by atomic mass is 10.3. The second-order valence-electron chi connectivity index (χ2n) is 2.93. The highest BCUT2D eigenvalue weighted by molar-refractivity contribution is 7.45. The van der Waals surface area contributed by atoms with Crippen LogP contribution in [0.1, 0.15) is 39.5 Å². The van der Waals surface area contributed by atoms with E-state index in [4.69, 9.17) is 14.4 Å². The number of hydrogen-bond acceptors (Lipinski definition) is 2. The highest BCUT2D eigenvalue weighted by Gasteiger charge is 2.04. The van der Waals surface area contributed by atoms with Crippen LogP contribution >= 0.6 is 7.91 Å². The van der Waals surface area contributed by atoms with Crippen molar-refractivity contribution in [2.45, 2.75) is 39.5 Å². The van der Waals surface area contributed by atoms with Crippen LogP contribution in [0.2, 0.25) is 0 Å². The van der Waals surface area contributed by atoms with Gasteiger partial charge in [-0.25, -0.2) is 4.57 Å². The Balaban J connectivity index is 0. The fraction of sp³-hybridized carbons (Fsp3) is 1.00. The number of nitrogens with one attached hydrogen (secondary N) is 1. The van der Waals surface area contributed by atoms with Crippen LogP contribution in [0, 0.1) is 0 Å². The molecule has 0 spiro atoms. The third-order valence-corrected chi connectivity index (χ3v) is 1.41. The van der Waals surface area contributed by atoms with Crippen LogP contribution in [0.15, 0.2) is 0 Å². The Labute approximate surface area is 85.2 Å². The molecule has 0 saturated heterocycles.